The summed E-state index contributed by atoms with van der Waals surface area (Å²) in [5.74, 6) is 0.439. The van der Waals surface area contributed by atoms with Crippen molar-refractivity contribution >= 4 is 5.91 Å². The molecule has 0 aliphatic heterocycles. The van der Waals surface area contributed by atoms with Gasteiger partial charge in [0.05, 0.1) is 13.2 Å². The Morgan fingerprint density at radius 2 is 2.18 bits per heavy atom. The second-order valence-corrected chi connectivity index (χ2v) is 4.06. The van der Waals surface area contributed by atoms with E-state index >= 15 is 0 Å². The summed E-state index contributed by atoms with van der Waals surface area (Å²) in [6, 6.07) is 8.43. The molecule has 4 nitrogen and oxygen atoms in total. The predicted octanol–water partition coefficient (Wildman–Crippen LogP) is 1.97. The minimum Gasteiger partial charge on any atom is -0.497 e. The van der Waals surface area contributed by atoms with Crippen molar-refractivity contribution in [3.63, 3.8) is 0 Å². The van der Waals surface area contributed by atoms with Gasteiger partial charge >= 0.3 is 0 Å². The maximum atomic E-state index is 11.9. The van der Waals surface area contributed by atoms with E-state index in [0.29, 0.717) is 11.3 Å². The highest BCUT2D eigenvalue weighted by Crippen LogP contribution is 2.13. The molecule has 1 atom stereocenters. The zero-order chi connectivity index (χ0) is 12.8. The fourth-order valence-corrected chi connectivity index (χ4v) is 1.34. The third-order valence-corrected chi connectivity index (χ3v) is 2.42. The van der Waals surface area contributed by atoms with Crippen LogP contribution in [-0.2, 0) is 0 Å². The van der Waals surface area contributed by atoms with Gasteiger partial charge in [-0.2, -0.15) is 5.26 Å². The van der Waals surface area contributed by atoms with E-state index in [4.69, 9.17) is 10.00 Å². The molecule has 0 spiro atoms. The van der Waals surface area contributed by atoms with Crippen molar-refractivity contribution in [3.8, 4) is 11.8 Å². The van der Waals surface area contributed by atoms with Gasteiger partial charge in [-0.3, -0.25) is 4.79 Å². The first-order valence-electron chi connectivity index (χ1n) is 5.43. The number of methoxy groups -OCH3 is 1. The van der Waals surface area contributed by atoms with Crippen molar-refractivity contribution in [2.45, 2.75) is 19.9 Å². The number of nitrogens with one attached hydrogen (secondary N) is 1. The monoisotopic (exact) mass is 232 g/mol. The van der Waals surface area contributed by atoms with Crippen LogP contribution in [0.2, 0.25) is 0 Å². The van der Waals surface area contributed by atoms with Gasteiger partial charge in [-0.15, -0.1) is 0 Å². The summed E-state index contributed by atoms with van der Waals surface area (Å²) in [5.41, 5.74) is 0.491. The molecular weight excluding hydrogens is 216 g/mol. The van der Waals surface area contributed by atoms with Crippen LogP contribution in [0, 0.1) is 17.2 Å². The van der Waals surface area contributed by atoms with Crippen molar-refractivity contribution in [1.29, 1.82) is 5.26 Å². The Kier molecular flexibility index (Phi) is 4.53. The first kappa shape index (κ1) is 13.0. The molecule has 17 heavy (non-hydrogen) atoms. The summed E-state index contributed by atoms with van der Waals surface area (Å²) in [6.45, 7) is 3.78. The van der Waals surface area contributed by atoms with Crippen molar-refractivity contribution in [3.05, 3.63) is 29.8 Å². The molecule has 0 fully saturated rings. The van der Waals surface area contributed by atoms with Crippen molar-refractivity contribution in [2.75, 3.05) is 7.11 Å². The number of amides is 1. The van der Waals surface area contributed by atoms with Crippen LogP contribution >= 0.6 is 0 Å². The molecule has 0 saturated carbocycles. The van der Waals surface area contributed by atoms with Crippen molar-refractivity contribution < 1.29 is 9.53 Å². The maximum absolute atomic E-state index is 11.9. The van der Waals surface area contributed by atoms with Crippen LogP contribution in [-0.4, -0.2) is 19.1 Å². The summed E-state index contributed by atoms with van der Waals surface area (Å²) in [4.78, 5) is 11.9. The zero-order valence-corrected chi connectivity index (χ0v) is 10.2. The van der Waals surface area contributed by atoms with Gasteiger partial charge in [-0.1, -0.05) is 19.9 Å². The molecule has 0 heterocycles. The number of nitrogens with zero attached hydrogens (tertiary/aromatic N) is 1. The highest BCUT2D eigenvalue weighted by atomic mass is 16.5. The van der Waals surface area contributed by atoms with Gasteiger partial charge in [0.2, 0.25) is 0 Å². The number of rotatable bonds is 4. The number of carbonyl (C=O) groups excluding carboxylic acids is 1. The van der Waals surface area contributed by atoms with Gasteiger partial charge in [-0.05, 0) is 24.1 Å². The molecule has 1 aromatic rings. The Morgan fingerprint density at radius 1 is 1.47 bits per heavy atom. The second kappa shape index (κ2) is 5.90. The molecular formula is C13H16N2O2. The smallest absolute Gasteiger partial charge is 0.252 e. The standard InChI is InChI=1S/C13H16N2O2/c1-9(2)12(8-14)15-13(16)10-5-4-6-11(7-10)17-3/h4-7,9,12H,1-3H3,(H,15,16). The van der Waals surface area contributed by atoms with Crippen LogP contribution in [0.3, 0.4) is 0 Å². The van der Waals surface area contributed by atoms with Gasteiger partial charge in [0.25, 0.3) is 5.91 Å². The van der Waals surface area contributed by atoms with E-state index in [0.717, 1.165) is 0 Å². The number of benzene rings is 1. The molecule has 1 amide bonds. The van der Waals surface area contributed by atoms with Crippen molar-refractivity contribution in [2.24, 2.45) is 5.92 Å². The Labute approximate surface area is 101 Å². The SMILES string of the molecule is COc1cccc(C(=O)NC(C#N)C(C)C)c1. The molecule has 0 saturated heterocycles. The Morgan fingerprint density at radius 3 is 2.71 bits per heavy atom. The molecule has 90 valence electrons. The molecule has 0 radical (unpaired) electrons. The first-order valence-corrected chi connectivity index (χ1v) is 5.43. The maximum Gasteiger partial charge on any atom is 0.252 e. The lowest BCUT2D eigenvalue weighted by Gasteiger charge is -2.15. The molecule has 1 rings (SSSR count). The minimum atomic E-state index is -0.478. The molecule has 0 aliphatic carbocycles. The van der Waals surface area contributed by atoms with E-state index in [9.17, 15) is 4.79 Å². The highest BCUT2D eigenvalue weighted by Gasteiger charge is 2.16. The highest BCUT2D eigenvalue weighted by molar-refractivity contribution is 5.94. The average Bonchev–Trinajstić information content (AvgIpc) is 2.35. The van der Waals surface area contributed by atoms with Gasteiger partial charge < -0.3 is 10.1 Å². The minimum absolute atomic E-state index is 0.0783. The fraction of sp³-hybridized carbons (Fsp3) is 0.385. The molecule has 1 unspecified atom stereocenters. The summed E-state index contributed by atoms with van der Waals surface area (Å²) >= 11 is 0. The molecule has 0 aromatic heterocycles. The summed E-state index contributed by atoms with van der Waals surface area (Å²) < 4.78 is 5.04. The third kappa shape index (κ3) is 3.49. The third-order valence-electron chi connectivity index (χ3n) is 2.42. The Hall–Kier alpha value is -2.02. The van der Waals surface area contributed by atoms with E-state index < -0.39 is 6.04 Å². The first-order chi connectivity index (χ1) is 8.08. The van der Waals surface area contributed by atoms with Gasteiger partial charge in [0.15, 0.2) is 0 Å². The summed E-state index contributed by atoms with van der Waals surface area (Å²) in [7, 11) is 1.54. The largest absolute Gasteiger partial charge is 0.497 e. The normalized spacial score (nSPS) is 11.7. The van der Waals surface area contributed by atoms with Crippen LogP contribution in [0.1, 0.15) is 24.2 Å². The molecule has 0 aliphatic rings. The van der Waals surface area contributed by atoms with E-state index in [1.165, 1.54) is 0 Å². The molecule has 1 aromatic carbocycles. The topological polar surface area (TPSA) is 62.1 Å². The number of nitriles is 1. The zero-order valence-electron chi connectivity index (χ0n) is 10.2. The molecule has 0 bridgehead atoms. The second-order valence-electron chi connectivity index (χ2n) is 4.06. The number of ether oxygens (including phenoxy) is 1. The average molecular weight is 232 g/mol. The fourth-order valence-electron chi connectivity index (χ4n) is 1.34. The molecule has 4 heteroatoms. The van der Waals surface area contributed by atoms with Crippen LogP contribution in [0.15, 0.2) is 24.3 Å². The van der Waals surface area contributed by atoms with E-state index in [1.54, 1.807) is 31.4 Å². The lowest BCUT2D eigenvalue weighted by Crippen LogP contribution is -2.37. The quantitative estimate of drug-likeness (QED) is 0.863. The van der Waals surface area contributed by atoms with E-state index in [2.05, 4.69) is 11.4 Å². The lowest BCUT2D eigenvalue weighted by molar-refractivity contribution is 0.0937. The van der Waals surface area contributed by atoms with Crippen molar-refractivity contribution in [1.82, 2.24) is 5.32 Å². The molecule has 1 N–H and O–H groups in total. The number of hydrogen-bond acceptors (Lipinski definition) is 3. The van der Waals surface area contributed by atoms with E-state index in [1.807, 2.05) is 13.8 Å². The van der Waals surface area contributed by atoms with Crippen LogP contribution in [0.5, 0.6) is 5.75 Å². The number of carbonyl (C=O) groups is 1. The summed E-state index contributed by atoms with van der Waals surface area (Å²) in [5, 5.41) is 11.6. The van der Waals surface area contributed by atoms with Gasteiger partial charge in [0.1, 0.15) is 11.8 Å². The predicted molar refractivity (Wildman–Crippen MR) is 64.7 cm³/mol. The Balaban J connectivity index is 2.79. The van der Waals surface area contributed by atoms with E-state index in [-0.39, 0.29) is 11.8 Å². The van der Waals surface area contributed by atoms with Gasteiger partial charge in [0, 0.05) is 5.56 Å². The van der Waals surface area contributed by atoms with Crippen LogP contribution in [0.25, 0.3) is 0 Å². The number of hydrogen-bond donors (Lipinski definition) is 1. The van der Waals surface area contributed by atoms with Crippen LogP contribution in [0.4, 0.5) is 0 Å². The Bertz CT molecular complexity index is 435. The van der Waals surface area contributed by atoms with Gasteiger partial charge in [-0.25, -0.2) is 0 Å². The summed E-state index contributed by atoms with van der Waals surface area (Å²) in [6.07, 6.45) is 0. The lowest BCUT2D eigenvalue weighted by atomic mass is 10.1. The van der Waals surface area contributed by atoms with Crippen LogP contribution < -0.4 is 10.1 Å².